The van der Waals surface area contributed by atoms with Crippen LogP contribution in [-0.4, -0.2) is 26.7 Å². The Kier molecular flexibility index (Phi) is 6.45. The first-order valence-corrected chi connectivity index (χ1v) is 9.35. The number of nitrogens with one attached hydrogen (secondary N) is 1. The highest BCUT2D eigenvalue weighted by atomic mass is 35.5. The molecule has 0 aliphatic rings. The van der Waals surface area contributed by atoms with E-state index in [1.807, 2.05) is 0 Å². The second kappa shape index (κ2) is 9.20. The number of nitrogen functional groups attached to an aromatic ring is 1. The molecule has 144 valence electrons. The molecule has 0 bridgehead atoms. The lowest BCUT2D eigenvalue weighted by Gasteiger charge is -2.08. The molecule has 0 atom stereocenters. The van der Waals surface area contributed by atoms with Gasteiger partial charge in [0.05, 0.1) is 0 Å². The van der Waals surface area contributed by atoms with E-state index >= 15 is 0 Å². The van der Waals surface area contributed by atoms with Crippen molar-refractivity contribution in [1.82, 2.24) is 15.0 Å². The van der Waals surface area contributed by atoms with Gasteiger partial charge in [-0.1, -0.05) is 11.6 Å². The summed E-state index contributed by atoms with van der Waals surface area (Å²) < 4.78 is 5.82. The molecule has 1 aromatic carbocycles. The number of carbonyl (C=O) groups is 1. The van der Waals surface area contributed by atoms with Crippen molar-refractivity contribution in [2.24, 2.45) is 0 Å². The lowest BCUT2D eigenvalue weighted by atomic mass is 10.3. The highest BCUT2D eigenvalue weighted by Gasteiger charge is 2.12. The molecule has 3 N–H and O–H groups in total. The summed E-state index contributed by atoms with van der Waals surface area (Å²) in [6.07, 6.45) is 1.36. The van der Waals surface area contributed by atoms with E-state index in [2.05, 4.69) is 20.3 Å². The van der Waals surface area contributed by atoms with E-state index < -0.39 is 5.97 Å². The minimum Gasteiger partial charge on any atom is -0.618 e. The lowest BCUT2D eigenvalue weighted by molar-refractivity contribution is -0.645. The molecular formula is C17H15ClN6O3S. The first kappa shape index (κ1) is 19.6. The zero-order valence-corrected chi connectivity index (χ0v) is 16.0. The summed E-state index contributed by atoms with van der Waals surface area (Å²) in [4.78, 5) is 24.0. The van der Waals surface area contributed by atoms with E-state index in [0.717, 1.165) is 11.8 Å². The van der Waals surface area contributed by atoms with Crippen molar-refractivity contribution in [3.05, 3.63) is 64.7 Å². The van der Waals surface area contributed by atoms with Crippen LogP contribution in [0.1, 0.15) is 5.82 Å². The number of rotatable bonds is 7. The summed E-state index contributed by atoms with van der Waals surface area (Å²) in [6, 6.07) is 11.9. The predicted molar refractivity (Wildman–Crippen MR) is 105 cm³/mol. The number of aromatic nitrogens is 4. The monoisotopic (exact) mass is 418 g/mol. The van der Waals surface area contributed by atoms with Crippen molar-refractivity contribution < 1.29 is 14.3 Å². The van der Waals surface area contributed by atoms with E-state index in [4.69, 9.17) is 22.1 Å². The minimum absolute atomic E-state index is 0.0106. The van der Waals surface area contributed by atoms with Gasteiger partial charge >= 0.3 is 5.97 Å². The SMILES string of the molecule is Nc1nc(COC(=O)CSc2cccc[n+]2[O-])nc(Nc2ccc(Cl)cc2)n1. The molecule has 0 saturated heterocycles. The summed E-state index contributed by atoms with van der Waals surface area (Å²) in [7, 11) is 0. The third kappa shape index (κ3) is 5.69. The Morgan fingerprint density at radius 3 is 2.75 bits per heavy atom. The van der Waals surface area contributed by atoms with Gasteiger partial charge in [-0.25, -0.2) is 0 Å². The minimum atomic E-state index is -0.514. The van der Waals surface area contributed by atoms with Crippen LogP contribution in [0.2, 0.25) is 5.02 Å². The van der Waals surface area contributed by atoms with Crippen LogP contribution in [0.5, 0.6) is 0 Å². The molecule has 9 nitrogen and oxygen atoms in total. The molecule has 28 heavy (non-hydrogen) atoms. The van der Waals surface area contributed by atoms with Crippen LogP contribution in [0.4, 0.5) is 17.6 Å². The van der Waals surface area contributed by atoms with E-state index in [-0.39, 0.29) is 30.1 Å². The molecule has 11 heteroatoms. The van der Waals surface area contributed by atoms with Crippen LogP contribution in [0.25, 0.3) is 0 Å². The number of ether oxygens (including phenoxy) is 1. The molecule has 3 aromatic rings. The van der Waals surface area contributed by atoms with Crippen LogP contribution in [0.15, 0.2) is 53.7 Å². The van der Waals surface area contributed by atoms with Gasteiger partial charge in [0.15, 0.2) is 18.6 Å². The number of nitrogens with two attached hydrogens (primary N) is 1. The number of anilines is 3. The number of pyridine rings is 1. The molecule has 0 spiro atoms. The quantitative estimate of drug-likeness (QED) is 0.257. The Morgan fingerprint density at radius 2 is 2.00 bits per heavy atom. The highest BCUT2D eigenvalue weighted by Crippen LogP contribution is 2.17. The third-order valence-corrected chi connectivity index (χ3v) is 4.53. The average molecular weight is 419 g/mol. The Labute approximate surface area is 169 Å². The summed E-state index contributed by atoms with van der Waals surface area (Å²) in [5.74, 6) is -0.139. The summed E-state index contributed by atoms with van der Waals surface area (Å²) in [5, 5.41) is 15.5. The number of hydrogen-bond acceptors (Lipinski definition) is 9. The number of benzene rings is 1. The molecule has 0 aliphatic carbocycles. The maximum atomic E-state index is 11.9. The van der Waals surface area contributed by atoms with Gasteiger partial charge in [0.2, 0.25) is 11.9 Å². The van der Waals surface area contributed by atoms with Crippen LogP contribution in [0, 0.1) is 5.21 Å². The zero-order chi connectivity index (χ0) is 19.9. The average Bonchev–Trinajstić information content (AvgIpc) is 2.67. The highest BCUT2D eigenvalue weighted by molar-refractivity contribution is 7.99. The van der Waals surface area contributed by atoms with Gasteiger partial charge < -0.3 is 21.0 Å². The molecule has 0 aliphatic heterocycles. The molecule has 0 saturated carbocycles. The van der Waals surface area contributed by atoms with Crippen molar-refractivity contribution in [3.8, 4) is 0 Å². The van der Waals surface area contributed by atoms with Crippen LogP contribution in [-0.2, 0) is 16.1 Å². The largest absolute Gasteiger partial charge is 0.618 e. The molecule has 0 amide bonds. The molecule has 2 aromatic heterocycles. The predicted octanol–water partition coefficient (Wildman–Crippen LogP) is 2.32. The molecule has 0 radical (unpaired) electrons. The number of halogens is 1. The normalized spacial score (nSPS) is 10.5. The van der Waals surface area contributed by atoms with Crippen molar-refractivity contribution in [3.63, 3.8) is 0 Å². The molecule has 0 fully saturated rings. The van der Waals surface area contributed by atoms with Gasteiger partial charge in [-0.3, -0.25) is 4.79 Å². The van der Waals surface area contributed by atoms with E-state index in [0.29, 0.717) is 20.5 Å². The van der Waals surface area contributed by atoms with Gasteiger partial charge in [0.1, 0.15) is 5.75 Å². The number of carbonyl (C=O) groups excluding carboxylic acids is 1. The number of esters is 1. The maximum Gasteiger partial charge on any atom is 0.316 e. The number of thioether (sulfide) groups is 1. The van der Waals surface area contributed by atoms with E-state index in [9.17, 15) is 10.0 Å². The molecule has 3 rings (SSSR count). The fourth-order valence-electron chi connectivity index (χ4n) is 2.06. The van der Waals surface area contributed by atoms with Gasteiger partial charge in [-0.2, -0.15) is 19.7 Å². The summed E-state index contributed by atoms with van der Waals surface area (Å²) >= 11 is 6.93. The number of hydrogen-bond donors (Lipinski definition) is 2. The van der Waals surface area contributed by atoms with Gasteiger partial charge in [-0.15, -0.1) is 0 Å². The fraction of sp³-hybridized carbons (Fsp3) is 0.118. The summed E-state index contributed by atoms with van der Waals surface area (Å²) in [5.41, 5.74) is 6.40. The number of nitrogens with zero attached hydrogens (tertiary/aromatic N) is 4. The second-order valence-corrected chi connectivity index (χ2v) is 6.81. The standard InChI is InChI=1S/C17H15ClN6O3S/c18-11-4-6-12(7-5-11)20-17-22-13(21-16(19)23-17)9-27-15(25)10-28-14-3-1-2-8-24(14)26/h1-8H,9-10H2,(H3,19,20,21,22,23). The summed E-state index contributed by atoms with van der Waals surface area (Å²) in [6.45, 7) is -0.173. The van der Waals surface area contributed by atoms with Gasteiger partial charge in [-0.05, 0) is 42.1 Å². The van der Waals surface area contributed by atoms with Crippen molar-refractivity contribution in [2.75, 3.05) is 16.8 Å². The van der Waals surface area contributed by atoms with Crippen molar-refractivity contribution >= 4 is 46.9 Å². The van der Waals surface area contributed by atoms with Crippen molar-refractivity contribution in [1.29, 1.82) is 0 Å². The van der Waals surface area contributed by atoms with Crippen LogP contribution >= 0.6 is 23.4 Å². The molecule has 2 heterocycles. The molecule has 0 unspecified atom stereocenters. The van der Waals surface area contributed by atoms with Gasteiger partial charge in [0.25, 0.3) is 5.03 Å². The third-order valence-electron chi connectivity index (χ3n) is 3.29. The zero-order valence-electron chi connectivity index (χ0n) is 14.4. The van der Waals surface area contributed by atoms with Crippen LogP contribution in [0.3, 0.4) is 0 Å². The van der Waals surface area contributed by atoms with Crippen LogP contribution < -0.4 is 15.8 Å². The Balaban J connectivity index is 1.56. The van der Waals surface area contributed by atoms with E-state index in [1.165, 1.54) is 6.20 Å². The van der Waals surface area contributed by atoms with Crippen molar-refractivity contribution in [2.45, 2.75) is 11.6 Å². The topological polar surface area (TPSA) is 130 Å². The Morgan fingerprint density at radius 1 is 1.21 bits per heavy atom. The second-order valence-electron chi connectivity index (χ2n) is 5.38. The van der Waals surface area contributed by atoms with Gasteiger partial charge in [0, 0.05) is 22.8 Å². The Bertz CT molecular complexity index is 973. The smallest absolute Gasteiger partial charge is 0.316 e. The lowest BCUT2D eigenvalue weighted by Crippen LogP contribution is -2.28. The Hall–Kier alpha value is -3.11. The molecular weight excluding hydrogens is 404 g/mol. The first-order valence-electron chi connectivity index (χ1n) is 7.99. The fourth-order valence-corrected chi connectivity index (χ4v) is 2.90. The maximum absolute atomic E-state index is 11.9. The van der Waals surface area contributed by atoms with E-state index in [1.54, 1.807) is 42.5 Å². The first-order chi connectivity index (χ1) is 13.5.